The van der Waals surface area contributed by atoms with Gasteiger partial charge in [-0.05, 0) is 43.5 Å². The third-order valence-electron chi connectivity index (χ3n) is 5.39. The van der Waals surface area contributed by atoms with Crippen LogP contribution in [0.4, 0.5) is 5.69 Å². The number of hydrogen-bond donors (Lipinski definition) is 2. The van der Waals surface area contributed by atoms with Crippen LogP contribution >= 0.6 is 11.6 Å². The van der Waals surface area contributed by atoms with Crippen molar-refractivity contribution < 1.29 is 8.42 Å². The van der Waals surface area contributed by atoms with Crippen LogP contribution in [0.3, 0.4) is 0 Å². The third kappa shape index (κ3) is 3.50. The molecule has 0 bridgehead atoms. The predicted octanol–water partition coefficient (Wildman–Crippen LogP) is 4.16. The number of nitrogens with two attached hydrogens (primary N) is 1. The van der Waals surface area contributed by atoms with E-state index in [1.165, 1.54) is 6.42 Å². The maximum absolute atomic E-state index is 12.9. The van der Waals surface area contributed by atoms with Gasteiger partial charge in [0.2, 0.25) is 10.0 Å². The quantitative estimate of drug-likeness (QED) is 0.665. The molecule has 28 heavy (non-hydrogen) atoms. The van der Waals surface area contributed by atoms with E-state index in [0.717, 1.165) is 42.5 Å². The van der Waals surface area contributed by atoms with Gasteiger partial charge >= 0.3 is 0 Å². The Balaban J connectivity index is 1.75. The van der Waals surface area contributed by atoms with Gasteiger partial charge in [-0.2, -0.15) is 0 Å². The fourth-order valence-electron chi connectivity index (χ4n) is 3.80. The highest BCUT2D eigenvalue weighted by atomic mass is 35.5. The molecule has 1 aromatic carbocycles. The SMILES string of the molecule is Cc1ccc(S(=O)(=O)NC2CCCCC2)cc1-c1cnc2c(N)c(Cl)ccn12. The largest absolute Gasteiger partial charge is 0.394 e. The summed E-state index contributed by atoms with van der Waals surface area (Å²) >= 11 is 6.09. The monoisotopic (exact) mass is 418 g/mol. The van der Waals surface area contributed by atoms with Crippen LogP contribution in [0, 0.1) is 6.92 Å². The van der Waals surface area contributed by atoms with Crippen molar-refractivity contribution in [2.75, 3.05) is 5.73 Å². The van der Waals surface area contributed by atoms with E-state index in [-0.39, 0.29) is 10.9 Å². The number of fused-ring (bicyclic) bond motifs is 1. The van der Waals surface area contributed by atoms with Gasteiger partial charge in [0, 0.05) is 17.8 Å². The minimum atomic E-state index is -3.58. The van der Waals surface area contributed by atoms with Gasteiger partial charge < -0.3 is 5.73 Å². The molecule has 6 nitrogen and oxygen atoms in total. The number of aryl methyl sites for hydroxylation is 1. The Hall–Kier alpha value is -2.09. The first kappa shape index (κ1) is 19.2. The maximum Gasteiger partial charge on any atom is 0.240 e. The smallest absolute Gasteiger partial charge is 0.240 e. The average molecular weight is 419 g/mol. The van der Waals surface area contributed by atoms with Crippen molar-refractivity contribution in [1.82, 2.24) is 14.1 Å². The van der Waals surface area contributed by atoms with Crippen LogP contribution in [0.2, 0.25) is 5.02 Å². The van der Waals surface area contributed by atoms with Crippen LogP contribution in [-0.4, -0.2) is 23.8 Å². The van der Waals surface area contributed by atoms with Crippen molar-refractivity contribution in [2.45, 2.75) is 50.0 Å². The molecule has 8 heteroatoms. The Morgan fingerprint density at radius 2 is 1.96 bits per heavy atom. The van der Waals surface area contributed by atoms with E-state index in [2.05, 4.69) is 9.71 Å². The Morgan fingerprint density at radius 3 is 2.71 bits per heavy atom. The number of sulfonamides is 1. The fraction of sp³-hybridized carbons (Fsp3) is 0.350. The number of hydrogen-bond acceptors (Lipinski definition) is 4. The first-order chi connectivity index (χ1) is 13.4. The van der Waals surface area contributed by atoms with Crippen molar-refractivity contribution >= 4 is 33.0 Å². The van der Waals surface area contributed by atoms with Crippen molar-refractivity contribution in [2.24, 2.45) is 0 Å². The number of nitrogens with zero attached hydrogens (tertiary/aromatic N) is 2. The second-order valence-electron chi connectivity index (χ2n) is 7.35. The maximum atomic E-state index is 12.9. The average Bonchev–Trinajstić information content (AvgIpc) is 3.10. The van der Waals surface area contributed by atoms with E-state index in [4.69, 9.17) is 17.3 Å². The Kier molecular flexibility index (Phi) is 5.07. The summed E-state index contributed by atoms with van der Waals surface area (Å²) in [6.45, 7) is 1.94. The molecular formula is C20H23ClN4O2S. The van der Waals surface area contributed by atoms with Gasteiger partial charge in [0.25, 0.3) is 0 Å². The summed E-state index contributed by atoms with van der Waals surface area (Å²) < 4.78 is 30.5. The molecule has 148 valence electrons. The lowest BCUT2D eigenvalue weighted by molar-refractivity contribution is 0.412. The molecule has 0 aliphatic heterocycles. The molecule has 0 saturated heterocycles. The zero-order valence-corrected chi connectivity index (χ0v) is 17.2. The van der Waals surface area contributed by atoms with Crippen LogP contribution in [0.5, 0.6) is 0 Å². The van der Waals surface area contributed by atoms with Crippen molar-refractivity contribution in [3.8, 4) is 11.3 Å². The van der Waals surface area contributed by atoms with Crippen LogP contribution in [0.15, 0.2) is 41.6 Å². The van der Waals surface area contributed by atoms with Crippen molar-refractivity contribution in [3.05, 3.63) is 47.2 Å². The molecule has 1 aliphatic carbocycles. The van der Waals surface area contributed by atoms with Crippen LogP contribution in [-0.2, 0) is 10.0 Å². The molecule has 1 fully saturated rings. The van der Waals surface area contributed by atoms with E-state index in [1.54, 1.807) is 30.6 Å². The topological polar surface area (TPSA) is 89.5 Å². The van der Waals surface area contributed by atoms with Gasteiger partial charge in [-0.3, -0.25) is 4.40 Å². The molecular weight excluding hydrogens is 396 g/mol. The lowest BCUT2D eigenvalue weighted by Crippen LogP contribution is -2.36. The summed E-state index contributed by atoms with van der Waals surface area (Å²) in [6.07, 6.45) is 8.58. The van der Waals surface area contributed by atoms with Gasteiger partial charge in [0.05, 0.1) is 27.5 Å². The van der Waals surface area contributed by atoms with Crippen LogP contribution in [0.1, 0.15) is 37.7 Å². The second-order valence-corrected chi connectivity index (χ2v) is 9.47. The van der Waals surface area contributed by atoms with E-state index >= 15 is 0 Å². The highest BCUT2D eigenvalue weighted by molar-refractivity contribution is 7.89. The standard InChI is InChI=1S/C20H23ClN4O2S/c1-13-7-8-15(28(26,27)24-14-5-3-2-4-6-14)11-16(13)18-12-23-20-19(22)17(21)9-10-25(18)20/h7-12,14,24H,2-6,22H2,1H3. The summed E-state index contributed by atoms with van der Waals surface area (Å²) in [7, 11) is -3.58. The van der Waals surface area contributed by atoms with Gasteiger partial charge in [-0.1, -0.05) is 36.9 Å². The van der Waals surface area contributed by atoms with E-state index in [1.807, 2.05) is 17.4 Å². The summed E-state index contributed by atoms with van der Waals surface area (Å²) in [5.41, 5.74) is 9.49. The summed E-state index contributed by atoms with van der Waals surface area (Å²) in [5.74, 6) is 0. The summed E-state index contributed by atoms with van der Waals surface area (Å²) in [6, 6.07) is 6.90. The number of nitrogen functional groups attached to an aromatic ring is 1. The molecule has 3 aromatic rings. The number of halogens is 1. The highest BCUT2D eigenvalue weighted by Gasteiger charge is 2.23. The lowest BCUT2D eigenvalue weighted by atomic mass is 9.96. The van der Waals surface area contributed by atoms with Gasteiger partial charge in [-0.25, -0.2) is 18.1 Å². The first-order valence-corrected chi connectivity index (χ1v) is 11.3. The number of nitrogens with one attached hydrogen (secondary N) is 1. The van der Waals surface area contributed by atoms with Crippen molar-refractivity contribution in [3.63, 3.8) is 0 Å². The Labute approximate surface area is 169 Å². The minimum Gasteiger partial charge on any atom is -0.394 e. The number of rotatable bonds is 4. The summed E-state index contributed by atoms with van der Waals surface area (Å²) in [5, 5.41) is 0.439. The number of imidazole rings is 1. The van der Waals surface area contributed by atoms with E-state index in [0.29, 0.717) is 16.4 Å². The Bertz CT molecular complexity index is 1130. The molecule has 3 N–H and O–H groups in total. The van der Waals surface area contributed by atoms with E-state index < -0.39 is 10.0 Å². The molecule has 0 radical (unpaired) electrons. The number of pyridine rings is 1. The zero-order valence-electron chi connectivity index (χ0n) is 15.7. The second kappa shape index (κ2) is 7.39. The summed E-state index contributed by atoms with van der Waals surface area (Å²) in [4.78, 5) is 4.63. The van der Waals surface area contributed by atoms with Crippen molar-refractivity contribution in [1.29, 1.82) is 0 Å². The zero-order chi connectivity index (χ0) is 19.9. The third-order valence-corrected chi connectivity index (χ3v) is 7.24. The number of anilines is 1. The molecule has 1 aliphatic rings. The minimum absolute atomic E-state index is 0.0150. The van der Waals surface area contributed by atoms with E-state index in [9.17, 15) is 8.42 Å². The van der Waals surface area contributed by atoms with Gasteiger partial charge in [0.15, 0.2) is 5.65 Å². The molecule has 4 rings (SSSR count). The normalized spacial score (nSPS) is 15.9. The molecule has 2 aromatic heterocycles. The van der Waals surface area contributed by atoms with Gasteiger partial charge in [0.1, 0.15) is 0 Å². The molecule has 0 amide bonds. The first-order valence-electron chi connectivity index (χ1n) is 9.41. The number of benzene rings is 1. The molecule has 1 saturated carbocycles. The van der Waals surface area contributed by atoms with Gasteiger partial charge in [-0.15, -0.1) is 0 Å². The lowest BCUT2D eigenvalue weighted by Gasteiger charge is -2.22. The molecule has 0 atom stereocenters. The van der Waals surface area contributed by atoms with Crippen LogP contribution in [0.25, 0.3) is 16.9 Å². The van der Waals surface area contributed by atoms with Crippen LogP contribution < -0.4 is 10.5 Å². The molecule has 2 heterocycles. The fourth-order valence-corrected chi connectivity index (χ4v) is 5.27. The molecule has 0 spiro atoms. The number of aromatic nitrogens is 2. The Morgan fingerprint density at radius 1 is 1.21 bits per heavy atom. The molecule has 0 unspecified atom stereocenters. The predicted molar refractivity (Wildman–Crippen MR) is 112 cm³/mol. The highest BCUT2D eigenvalue weighted by Crippen LogP contribution is 2.31.